The van der Waals surface area contributed by atoms with Crippen molar-refractivity contribution < 1.29 is 4.79 Å². The number of urea groups is 1. The van der Waals surface area contributed by atoms with Crippen LogP contribution in [-0.4, -0.2) is 16.0 Å². The van der Waals surface area contributed by atoms with Crippen LogP contribution in [0, 0.1) is 0 Å². The van der Waals surface area contributed by atoms with Gasteiger partial charge in [-0.1, -0.05) is 12.1 Å². The molecular formula is C12H13N5O. The summed E-state index contributed by atoms with van der Waals surface area (Å²) < 4.78 is 0. The van der Waals surface area contributed by atoms with Gasteiger partial charge in [-0.15, -0.1) is 0 Å². The Morgan fingerprint density at radius 2 is 1.89 bits per heavy atom. The van der Waals surface area contributed by atoms with Crippen molar-refractivity contribution in [1.29, 1.82) is 0 Å². The van der Waals surface area contributed by atoms with Crippen LogP contribution in [0.1, 0.15) is 5.56 Å². The number of hydrogen-bond acceptors (Lipinski definition) is 4. The minimum Gasteiger partial charge on any atom is -0.326 e. The molecule has 0 aliphatic carbocycles. The van der Waals surface area contributed by atoms with Gasteiger partial charge in [-0.05, 0) is 17.7 Å². The second-order valence-electron chi connectivity index (χ2n) is 3.61. The van der Waals surface area contributed by atoms with Crippen LogP contribution in [0.4, 0.5) is 16.2 Å². The molecule has 2 aromatic rings. The summed E-state index contributed by atoms with van der Waals surface area (Å²) in [5.41, 5.74) is 7.70. The molecule has 0 radical (unpaired) electrons. The third kappa shape index (κ3) is 3.26. The molecule has 6 heteroatoms. The standard InChI is InChI=1S/C12H13N5O/c13-5-9-2-1-3-10(4-9)16-12(18)17-11-6-14-8-15-7-11/h1-4,6-8H,5,13H2,(H2,16,17,18). The van der Waals surface area contributed by atoms with Gasteiger partial charge in [0.05, 0.1) is 18.1 Å². The van der Waals surface area contributed by atoms with E-state index in [4.69, 9.17) is 5.73 Å². The highest BCUT2D eigenvalue weighted by Gasteiger charge is 2.03. The lowest BCUT2D eigenvalue weighted by molar-refractivity contribution is 0.262. The Balaban J connectivity index is 1.99. The highest BCUT2D eigenvalue weighted by atomic mass is 16.2. The smallest absolute Gasteiger partial charge is 0.323 e. The quantitative estimate of drug-likeness (QED) is 0.763. The lowest BCUT2D eigenvalue weighted by Crippen LogP contribution is -2.19. The van der Waals surface area contributed by atoms with Crippen LogP contribution in [0.15, 0.2) is 43.0 Å². The molecule has 6 nitrogen and oxygen atoms in total. The first kappa shape index (κ1) is 12.0. The van der Waals surface area contributed by atoms with E-state index in [0.29, 0.717) is 17.9 Å². The molecule has 1 aromatic carbocycles. The summed E-state index contributed by atoms with van der Waals surface area (Å²) in [6, 6.07) is 7.00. The summed E-state index contributed by atoms with van der Waals surface area (Å²) in [6.07, 6.45) is 4.43. The first-order valence-corrected chi connectivity index (χ1v) is 5.40. The van der Waals surface area contributed by atoms with E-state index < -0.39 is 0 Å². The molecule has 4 N–H and O–H groups in total. The van der Waals surface area contributed by atoms with Crippen LogP contribution in [0.25, 0.3) is 0 Å². The molecule has 0 saturated carbocycles. The summed E-state index contributed by atoms with van der Waals surface area (Å²) in [6.45, 7) is 0.434. The molecule has 92 valence electrons. The van der Waals surface area contributed by atoms with Gasteiger partial charge in [-0.2, -0.15) is 0 Å². The average Bonchev–Trinajstić information content (AvgIpc) is 2.40. The van der Waals surface area contributed by atoms with Gasteiger partial charge in [0.25, 0.3) is 0 Å². The van der Waals surface area contributed by atoms with Crippen molar-refractivity contribution >= 4 is 17.4 Å². The van der Waals surface area contributed by atoms with E-state index in [1.807, 2.05) is 18.2 Å². The van der Waals surface area contributed by atoms with Gasteiger partial charge in [0.1, 0.15) is 6.33 Å². The van der Waals surface area contributed by atoms with Crippen molar-refractivity contribution in [2.45, 2.75) is 6.54 Å². The molecule has 18 heavy (non-hydrogen) atoms. The van der Waals surface area contributed by atoms with E-state index in [1.54, 1.807) is 6.07 Å². The van der Waals surface area contributed by atoms with Gasteiger partial charge >= 0.3 is 6.03 Å². The van der Waals surface area contributed by atoms with E-state index in [-0.39, 0.29) is 6.03 Å². The summed E-state index contributed by atoms with van der Waals surface area (Å²) in [5, 5.41) is 5.33. The largest absolute Gasteiger partial charge is 0.326 e. The number of anilines is 2. The number of aromatic nitrogens is 2. The van der Waals surface area contributed by atoms with Crippen LogP contribution in [0.3, 0.4) is 0 Å². The third-order valence-corrected chi connectivity index (χ3v) is 2.24. The number of nitrogens with two attached hydrogens (primary N) is 1. The summed E-state index contributed by atoms with van der Waals surface area (Å²) >= 11 is 0. The number of nitrogens with one attached hydrogen (secondary N) is 2. The first-order chi connectivity index (χ1) is 8.78. The topological polar surface area (TPSA) is 92.9 Å². The number of benzene rings is 1. The fourth-order valence-electron chi connectivity index (χ4n) is 1.43. The van der Waals surface area contributed by atoms with Crippen molar-refractivity contribution in [2.24, 2.45) is 5.73 Å². The van der Waals surface area contributed by atoms with Crippen LogP contribution in [-0.2, 0) is 6.54 Å². The fourth-order valence-corrected chi connectivity index (χ4v) is 1.43. The number of amides is 2. The zero-order valence-electron chi connectivity index (χ0n) is 9.63. The Hall–Kier alpha value is -2.47. The second-order valence-corrected chi connectivity index (χ2v) is 3.61. The Morgan fingerprint density at radius 3 is 2.61 bits per heavy atom. The molecule has 0 unspecified atom stereocenters. The van der Waals surface area contributed by atoms with Crippen molar-refractivity contribution in [1.82, 2.24) is 9.97 Å². The number of hydrogen-bond donors (Lipinski definition) is 3. The Morgan fingerprint density at radius 1 is 1.17 bits per heavy atom. The predicted molar refractivity (Wildman–Crippen MR) is 69.0 cm³/mol. The van der Waals surface area contributed by atoms with Gasteiger partial charge in [-0.25, -0.2) is 14.8 Å². The number of nitrogens with zero attached hydrogens (tertiary/aromatic N) is 2. The summed E-state index contributed by atoms with van der Waals surface area (Å²) in [4.78, 5) is 19.3. The Bertz CT molecular complexity index is 529. The molecule has 0 aliphatic heterocycles. The Labute approximate surface area is 104 Å². The maximum atomic E-state index is 11.7. The minimum atomic E-state index is -0.348. The molecule has 1 heterocycles. The summed E-state index contributed by atoms with van der Waals surface area (Å²) in [7, 11) is 0. The van der Waals surface area contributed by atoms with Gasteiger partial charge in [0.15, 0.2) is 0 Å². The summed E-state index contributed by atoms with van der Waals surface area (Å²) in [5.74, 6) is 0. The van der Waals surface area contributed by atoms with Gasteiger partial charge in [0.2, 0.25) is 0 Å². The van der Waals surface area contributed by atoms with Gasteiger partial charge in [0, 0.05) is 12.2 Å². The number of carbonyl (C=O) groups is 1. The Kier molecular flexibility index (Phi) is 3.83. The molecule has 0 atom stereocenters. The maximum absolute atomic E-state index is 11.7. The van der Waals surface area contributed by atoms with E-state index >= 15 is 0 Å². The molecule has 0 aliphatic rings. The van der Waals surface area contributed by atoms with Gasteiger partial charge in [-0.3, -0.25) is 0 Å². The van der Waals surface area contributed by atoms with E-state index in [1.165, 1.54) is 18.7 Å². The third-order valence-electron chi connectivity index (χ3n) is 2.24. The predicted octanol–water partition coefficient (Wildman–Crippen LogP) is 1.58. The monoisotopic (exact) mass is 243 g/mol. The molecular weight excluding hydrogens is 230 g/mol. The molecule has 2 rings (SSSR count). The van der Waals surface area contributed by atoms with E-state index in [9.17, 15) is 4.79 Å². The van der Waals surface area contributed by atoms with Gasteiger partial charge < -0.3 is 16.4 Å². The van der Waals surface area contributed by atoms with Crippen LogP contribution < -0.4 is 16.4 Å². The molecule has 1 aromatic heterocycles. The van der Waals surface area contributed by atoms with Crippen LogP contribution in [0.5, 0.6) is 0 Å². The zero-order valence-corrected chi connectivity index (χ0v) is 9.63. The maximum Gasteiger partial charge on any atom is 0.323 e. The first-order valence-electron chi connectivity index (χ1n) is 5.40. The highest BCUT2D eigenvalue weighted by molar-refractivity contribution is 5.99. The van der Waals surface area contributed by atoms with Crippen molar-refractivity contribution in [3.63, 3.8) is 0 Å². The molecule has 0 bridgehead atoms. The van der Waals surface area contributed by atoms with E-state index in [2.05, 4.69) is 20.6 Å². The molecule has 0 spiro atoms. The fraction of sp³-hybridized carbons (Fsp3) is 0.0833. The minimum absolute atomic E-state index is 0.348. The van der Waals surface area contributed by atoms with E-state index in [0.717, 1.165) is 5.56 Å². The van der Waals surface area contributed by atoms with Crippen molar-refractivity contribution in [3.05, 3.63) is 48.5 Å². The highest BCUT2D eigenvalue weighted by Crippen LogP contribution is 2.10. The van der Waals surface area contributed by atoms with Crippen LogP contribution >= 0.6 is 0 Å². The van der Waals surface area contributed by atoms with Crippen LogP contribution in [0.2, 0.25) is 0 Å². The van der Waals surface area contributed by atoms with Crippen molar-refractivity contribution in [3.8, 4) is 0 Å². The molecule has 2 amide bonds. The SMILES string of the molecule is NCc1cccc(NC(=O)Nc2cncnc2)c1. The molecule has 0 fully saturated rings. The molecule has 0 saturated heterocycles. The normalized spacial score (nSPS) is 9.83. The second kappa shape index (κ2) is 5.74. The average molecular weight is 243 g/mol. The number of rotatable bonds is 3. The lowest BCUT2D eigenvalue weighted by Gasteiger charge is -2.07. The lowest BCUT2D eigenvalue weighted by atomic mass is 10.2. The number of carbonyl (C=O) groups excluding carboxylic acids is 1. The van der Waals surface area contributed by atoms with Crippen molar-refractivity contribution in [2.75, 3.05) is 10.6 Å². The zero-order chi connectivity index (χ0) is 12.8.